The van der Waals surface area contributed by atoms with Crippen molar-refractivity contribution in [1.29, 1.82) is 0 Å². The van der Waals surface area contributed by atoms with Crippen molar-refractivity contribution in [2.24, 2.45) is 0 Å². The van der Waals surface area contributed by atoms with E-state index in [4.69, 9.17) is 4.74 Å². The third kappa shape index (κ3) is 3.88. The Hall–Kier alpha value is -3.22. The predicted octanol–water partition coefficient (Wildman–Crippen LogP) is 3.10. The molecule has 7 nitrogen and oxygen atoms in total. The van der Waals surface area contributed by atoms with Crippen LogP contribution in [0.15, 0.2) is 54.6 Å². The average molecular weight is 354 g/mol. The highest BCUT2D eigenvalue weighted by Gasteiger charge is 2.33. The molecule has 0 aromatic heterocycles. The van der Waals surface area contributed by atoms with Gasteiger partial charge in [0, 0.05) is 6.07 Å². The summed E-state index contributed by atoms with van der Waals surface area (Å²) in [6, 6.07) is 14.0. The summed E-state index contributed by atoms with van der Waals surface area (Å²) < 4.78 is 5.54. The van der Waals surface area contributed by atoms with Gasteiger partial charge < -0.3 is 10.1 Å². The van der Waals surface area contributed by atoms with E-state index < -0.39 is 22.9 Å². The van der Waals surface area contributed by atoms with Crippen LogP contribution in [0.5, 0.6) is 0 Å². The first-order valence-corrected chi connectivity index (χ1v) is 8.36. The molecule has 3 rings (SSSR count). The number of carbonyl (C=O) groups is 2. The van der Waals surface area contributed by atoms with Crippen LogP contribution < -0.4 is 5.32 Å². The third-order valence-electron chi connectivity index (χ3n) is 4.38. The van der Waals surface area contributed by atoms with E-state index in [1.165, 1.54) is 18.2 Å². The van der Waals surface area contributed by atoms with Crippen molar-refractivity contribution >= 4 is 17.6 Å². The number of nitro groups is 1. The quantitative estimate of drug-likeness (QED) is 0.505. The molecule has 1 aliphatic rings. The van der Waals surface area contributed by atoms with Crippen LogP contribution in [0.2, 0.25) is 0 Å². The van der Waals surface area contributed by atoms with Gasteiger partial charge in [-0.1, -0.05) is 30.3 Å². The molecule has 0 saturated heterocycles. The maximum atomic E-state index is 12.5. The second kappa shape index (κ2) is 7.77. The molecule has 1 amide bonds. The average Bonchev–Trinajstić information content (AvgIpc) is 3.09. The Morgan fingerprint density at radius 2 is 1.73 bits per heavy atom. The maximum absolute atomic E-state index is 12.5. The lowest BCUT2D eigenvalue weighted by atomic mass is 10.1. The smallest absolute Gasteiger partial charge is 0.338 e. The first-order chi connectivity index (χ1) is 12.6. The van der Waals surface area contributed by atoms with Crippen molar-refractivity contribution in [3.8, 4) is 0 Å². The number of nitro benzene ring substituents is 1. The van der Waals surface area contributed by atoms with Gasteiger partial charge in [-0.15, -0.1) is 0 Å². The molecule has 7 heteroatoms. The van der Waals surface area contributed by atoms with Crippen LogP contribution in [0.3, 0.4) is 0 Å². The van der Waals surface area contributed by atoms with Gasteiger partial charge in [-0.3, -0.25) is 14.9 Å². The van der Waals surface area contributed by atoms with E-state index in [1.54, 1.807) is 30.3 Å². The summed E-state index contributed by atoms with van der Waals surface area (Å²) in [6.45, 7) is 0. The number of benzene rings is 2. The fourth-order valence-corrected chi connectivity index (χ4v) is 3.08. The minimum atomic E-state index is -0.587. The summed E-state index contributed by atoms with van der Waals surface area (Å²) in [5.41, 5.74) is 0.196. The number of hydrogen-bond acceptors (Lipinski definition) is 5. The summed E-state index contributed by atoms with van der Waals surface area (Å²) in [5.74, 6) is -0.979. The Morgan fingerprint density at radius 1 is 1.04 bits per heavy atom. The Kier molecular flexibility index (Phi) is 5.26. The van der Waals surface area contributed by atoms with Crippen molar-refractivity contribution in [2.45, 2.75) is 31.4 Å². The van der Waals surface area contributed by atoms with Crippen LogP contribution in [0.1, 0.15) is 40.0 Å². The number of ether oxygens (including phenoxy) is 1. The van der Waals surface area contributed by atoms with Gasteiger partial charge in [0.1, 0.15) is 11.7 Å². The van der Waals surface area contributed by atoms with Crippen molar-refractivity contribution in [1.82, 2.24) is 5.32 Å². The Bertz CT molecular complexity index is 822. The molecule has 134 valence electrons. The number of nitrogens with zero attached hydrogens (tertiary/aromatic N) is 1. The lowest BCUT2D eigenvalue weighted by Gasteiger charge is -2.21. The van der Waals surface area contributed by atoms with Crippen molar-refractivity contribution in [2.75, 3.05) is 0 Å². The van der Waals surface area contributed by atoms with Crippen molar-refractivity contribution in [3.63, 3.8) is 0 Å². The summed E-state index contributed by atoms with van der Waals surface area (Å²) >= 11 is 0. The first-order valence-electron chi connectivity index (χ1n) is 8.36. The fourth-order valence-electron chi connectivity index (χ4n) is 3.08. The van der Waals surface area contributed by atoms with Crippen LogP contribution in [-0.2, 0) is 4.74 Å². The molecule has 0 radical (unpaired) electrons. The Morgan fingerprint density at radius 3 is 2.46 bits per heavy atom. The molecule has 0 aliphatic heterocycles. The second-order valence-electron chi connectivity index (χ2n) is 6.09. The molecule has 2 aromatic rings. The predicted molar refractivity (Wildman–Crippen MR) is 93.8 cm³/mol. The number of amides is 1. The molecule has 1 aliphatic carbocycles. The number of para-hydroxylation sites is 1. The zero-order chi connectivity index (χ0) is 18.5. The zero-order valence-corrected chi connectivity index (χ0v) is 14.0. The van der Waals surface area contributed by atoms with E-state index in [1.807, 2.05) is 6.07 Å². The molecule has 0 heterocycles. The standard InChI is InChI=1S/C19H18N2O5/c22-18(14-9-4-5-11-16(14)21(24)25)20-15-10-6-12-17(15)26-19(23)13-7-2-1-3-8-13/h1-5,7-9,11,15,17H,6,10,12H2,(H,20,22)/t15-,17-/m1/s1. The zero-order valence-electron chi connectivity index (χ0n) is 14.0. The molecular weight excluding hydrogens is 336 g/mol. The monoisotopic (exact) mass is 354 g/mol. The lowest BCUT2D eigenvalue weighted by molar-refractivity contribution is -0.385. The van der Waals surface area contributed by atoms with E-state index in [0.29, 0.717) is 18.4 Å². The van der Waals surface area contributed by atoms with E-state index in [2.05, 4.69) is 5.32 Å². The summed E-state index contributed by atoms with van der Waals surface area (Å²) in [7, 11) is 0. The Balaban J connectivity index is 1.68. The van der Waals surface area contributed by atoms with E-state index in [0.717, 1.165) is 6.42 Å². The van der Waals surface area contributed by atoms with Gasteiger partial charge in [0.05, 0.1) is 16.5 Å². The van der Waals surface area contributed by atoms with Gasteiger partial charge in [-0.2, -0.15) is 0 Å². The molecule has 1 fully saturated rings. The minimum absolute atomic E-state index is 0.00228. The molecule has 26 heavy (non-hydrogen) atoms. The highest BCUT2D eigenvalue weighted by atomic mass is 16.6. The number of carbonyl (C=O) groups excluding carboxylic acids is 2. The first kappa shape index (κ1) is 17.6. The van der Waals surface area contributed by atoms with Crippen LogP contribution >= 0.6 is 0 Å². The van der Waals surface area contributed by atoms with E-state index in [9.17, 15) is 19.7 Å². The normalized spacial score (nSPS) is 18.9. The summed E-state index contributed by atoms with van der Waals surface area (Å²) in [5, 5.41) is 13.9. The third-order valence-corrected chi connectivity index (χ3v) is 4.38. The molecular formula is C19H18N2O5. The largest absolute Gasteiger partial charge is 0.457 e. The highest BCUT2D eigenvalue weighted by Crippen LogP contribution is 2.25. The van der Waals surface area contributed by atoms with Gasteiger partial charge in [-0.25, -0.2) is 4.79 Å². The van der Waals surface area contributed by atoms with Gasteiger partial charge in [0.15, 0.2) is 0 Å². The minimum Gasteiger partial charge on any atom is -0.457 e. The maximum Gasteiger partial charge on any atom is 0.338 e. The topological polar surface area (TPSA) is 98.5 Å². The second-order valence-corrected chi connectivity index (χ2v) is 6.09. The summed E-state index contributed by atoms with van der Waals surface area (Å²) in [4.78, 5) is 35.2. The number of rotatable bonds is 5. The molecule has 2 atom stereocenters. The SMILES string of the molecule is O=C(O[C@@H]1CCC[C@H]1NC(=O)c1ccccc1[N+](=O)[O-])c1ccccc1. The Labute approximate surface area is 150 Å². The number of nitrogens with one attached hydrogen (secondary N) is 1. The van der Waals surface area contributed by atoms with Gasteiger partial charge in [0.2, 0.25) is 0 Å². The fraction of sp³-hybridized carbons (Fsp3) is 0.263. The van der Waals surface area contributed by atoms with Gasteiger partial charge in [-0.05, 0) is 37.5 Å². The summed E-state index contributed by atoms with van der Waals surface area (Å²) in [6.07, 6.45) is 1.64. The molecule has 0 unspecified atom stereocenters. The highest BCUT2D eigenvalue weighted by molar-refractivity contribution is 5.98. The van der Waals surface area contributed by atoms with Crippen molar-refractivity contribution in [3.05, 3.63) is 75.8 Å². The van der Waals surface area contributed by atoms with E-state index in [-0.39, 0.29) is 17.3 Å². The lowest BCUT2D eigenvalue weighted by Crippen LogP contribution is -2.42. The van der Waals surface area contributed by atoms with Gasteiger partial charge >= 0.3 is 5.97 Å². The number of hydrogen-bond donors (Lipinski definition) is 1. The molecule has 0 bridgehead atoms. The molecule has 1 saturated carbocycles. The van der Waals surface area contributed by atoms with E-state index >= 15 is 0 Å². The van der Waals surface area contributed by atoms with Crippen LogP contribution in [0.25, 0.3) is 0 Å². The van der Waals surface area contributed by atoms with Crippen LogP contribution in [0, 0.1) is 10.1 Å². The molecule has 0 spiro atoms. The van der Waals surface area contributed by atoms with Crippen LogP contribution in [-0.4, -0.2) is 28.9 Å². The van der Waals surface area contributed by atoms with Gasteiger partial charge in [0.25, 0.3) is 11.6 Å². The number of esters is 1. The molecule has 1 N–H and O–H groups in total. The van der Waals surface area contributed by atoms with Crippen molar-refractivity contribution < 1.29 is 19.2 Å². The van der Waals surface area contributed by atoms with Crippen LogP contribution in [0.4, 0.5) is 5.69 Å². The molecule has 2 aromatic carbocycles.